The van der Waals surface area contributed by atoms with Crippen molar-refractivity contribution in [1.82, 2.24) is 0 Å². The molecular weight excluding hydrogens is 457 g/mol. The fourth-order valence-corrected chi connectivity index (χ4v) is 21.2. The van der Waals surface area contributed by atoms with E-state index in [1.54, 1.807) is 3.59 Å². The summed E-state index contributed by atoms with van der Waals surface area (Å²) < 4.78 is 5.80. The van der Waals surface area contributed by atoms with Gasteiger partial charge in [0.2, 0.25) is 0 Å². The maximum atomic E-state index is 9.87. The molecule has 0 bridgehead atoms. The summed E-state index contributed by atoms with van der Waals surface area (Å²) in [5.74, 6) is 0. The van der Waals surface area contributed by atoms with Crippen LogP contribution in [0.25, 0.3) is 9.67 Å². The SMILES string of the molecule is CCC[CH2][Sn]([CH2]CCC)([CH2]CCC)/[C](=C\c1ccccc1)c1ccccc1C#N. The van der Waals surface area contributed by atoms with E-state index >= 15 is 0 Å². The van der Waals surface area contributed by atoms with Crippen LogP contribution in [0.3, 0.4) is 0 Å². The van der Waals surface area contributed by atoms with Gasteiger partial charge in [-0.3, -0.25) is 0 Å². The zero-order valence-corrected chi connectivity index (χ0v) is 21.4. The van der Waals surface area contributed by atoms with Crippen molar-refractivity contribution < 1.29 is 0 Å². The topological polar surface area (TPSA) is 23.8 Å². The van der Waals surface area contributed by atoms with Crippen LogP contribution in [0.5, 0.6) is 0 Å². The Bertz CT molecular complexity index is 779. The summed E-state index contributed by atoms with van der Waals surface area (Å²) in [4.78, 5) is 0. The van der Waals surface area contributed by atoms with Crippen LogP contribution in [0.15, 0.2) is 54.6 Å². The van der Waals surface area contributed by atoms with Crippen LogP contribution in [0.1, 0.15) is 76.0 Å². The number of unbranched alkanes of at least 4 members (excludes halogenated alkanes) is 3. The van der Waals surface area contributed by atoms with Gasteiger partial charge in [-0.05, 0) is 0 Å². The molecule has 2 rings (SSSR count). The van der Waals surface area contributed by atoms with E-state index in [0.717, 1.165) is 5.56 Å². The summed E-state index contributed by atoms with van der Waals surface area (Å²) in [7, 11) is 0. The number of nitrogens with zero attached hydrogens (tertiary/aromatic N) is 1. The summed E-state index contributed by atoms with van der Waals surface area (Å²) in [5.41, 5.74) is 3.35. The van der Waals surface area contributed by atoms with Crippen LogP contribution < -0.4 is 0 Å². The van der Waals surface area contributed by atoms with Crippen molar-refractivity contribution in [1.29, 1.82) is 5.26 Å². The minimum atomic E-state index is -2.71. The van der Waals surface area contributed by atoms with Crippen molar-refractivity contribution in [2.75, 3.05) is 0 Å². The van der Waals surface area contributed by atoms with Crippen molar-refractivity contribution in [2.24, 2.45) is 0 Å². The number of nitriles is 1. The van der Waals surface area contributed by atoms with Crippen LogP contribution in [0, 0.1) is 11.3 Å². The molecule has 0 spiro atoms. The molecule has 0 atom stereocenters. The molecule has 0 aliphatic heterocycles. The second-order valence-corrected chi connectivity index (χ2v) is 21.3. The Morgan fingerprint density at radius 3 is 1.83 bits per heavy atom. The van der Waals surface area contributed by atoms with Gasteiger partial charge in [-0.1, -0.05) is 0 Å². The van der Waals surface area contributed by atoms with E-state index in [9.17, 15) is 5.26 Å². The third-order valence-corrected chi connectivity index (χ3v) is 21.7. The number of hydrogen-bond donors (Lipinski definition) is 0. The first-order valence-corrected chi connectivity index (χ1v) is 19.0. The Morgan fingerprint density at radius 1 is 0.793 bits per heavy atom. The molecule has 0 aromatic heterocycles. The standard InChI is InChI=1S/C15H10N.3C4H9.Sn/c16-12-15-9-5-4-8-14(15)11-10-13-6-2-1-3-7-13;3*1-3-4-2;/h1-10H;3*1,3-4H2,2H3;. The molecule has 0 aliphatic carbocycles. The Morgan fingerprint density at radius 2 is 1.31 bits per heavy atom. The normalized spacial score (nSPS) is 12.0. The third-order valence-electron chi connectivity index (χ3n) is 6.05. The number of hydrogen-bond acceptors (Lipinski definition) is 1. The molecule has 0 fully saturated rings. The van der Waals surface area contributed by atoms with Gasteiger partial charge in [0.1, 0.15) is 0 Å². The monoisotopic (exact) mass is 495 g/mol. The fraction of sp³-hybridized carbons (Fsp3) is 0.444. The maximum absolute atomic E-state index is 9.87. The Kier molecular flexibility index (Phi) is 10.6. The first kappa shape index (κ1) is 23.7. The second-order valence-electron chi connectivity index (χ2n) is 8.22. The van der Waals surface area contributed by atoms with E-state index in [4.69, 9.17) is 0 Å². The van der Waals surface area contributed by atoms with Crippen LogP contribution in [0.4, 0.5) is 0 Å². The average Bonchev–Trinajstić information content (AvgIpc) is 2.78. The van der Waals surface area contributed by atoms with E-state index in [2.05, 4.69) is 75.4 Å². The molecular formula is C27H37NSn. The van der Waals surface area contributed by atoms with E-state index in [1.807, 2.05) is 12.1 Å². The zero-order chi connectivity index (χ0) is 21.0. The number of benzene rings is 2. The van der Waals surface area contributed by atoms with Crippen molar-refractivity contribution >= 4 is 28.0 Å². The second kappa shape index (κ2) is 12.9. The van der Waals surface area contributed by atoms with E-state index < -0.39 is 18.4 Å². The first-order valence-electron chi connectivity index (χ1n) is 11.5. The van der Waals surface area contributed by atoms with Crippen LogP contribution in [0.2, 0.25) is 13.3 Å². The van der Waals surface area contributed by atoms with E-state index in [1.165, 1.54) is 63.0 Å². The molecule has 0 N–H and O–H groups in total. The predicted octanol–water partition coefficient (Wildman–Crippen LogP) is 8.49. The summed E-state index contributed by atoms with van der Waals surface area (Å²) >= 11 is -2.71. The first-order chi connectivity index (χ1) is 14.2. The fourth-order valence-electron chi connectivity index (χ4n) is 4.37. The van der Waals surface area contributed by atoms with Crippen LogP contribution in [-0.4, -0.2) is 18.4 Å². The number of rotatable bonds is 12. The molecule has 29 heavy (non-hydrogen) atoms. The van der Waals surface area contributed by atoms with Gasteiger partial charge in [-0.2, -0.15) is 0 Å². The summed E-state index contributed by atoms with van der Waals surface area (Å²) in [6.07, 6.45) is 10.2. The van der Waals surface area contributed by atoms with Crippen molar-refractivity contribution in [3.05, 3.63) is 71.3 Å². The molecule has 0 aliphatic rings. The zero-order valence-electron chi connectivity index (χ0n) is 18.6. The Hall–Kier alpha value is -1.53. The molecule has 2 aromatic rings. The van der Waals surface area contributed by atoms with E-state index in [0.29, 0.717) is 0 Å². The molecule has 2 aromatic carbocycles. The Balaban J connectivity index is 2.70. The van der Waals surface area contributed by atoms with Crippen LogP contribution in [-0.2, 0) is 0 Å². The molecule has 0 radical (unpaired) electrons. The van der Waals surface area contributed by atoms with Gasteiger partial charge in [0, 0.05) is 0 Å². The molecule has 0 saturated heterocycles. The molecule has 1 nitrogen and oxygen atoms in total. The molecule has 0 saturated carbocycles. The van der Waals surface area contributed by atoms with Gasteiger partial charge in [-0.15, -0.1) is 0 Å². The third kappa shape index (κ3) is 6.75. The summed E-state index contributed by atoms with van der Waals surface area (Å²) in [5, 5.41) is 9.87. The van der Waals surface area contributed by atoms with Crippen LogP contribution >= 0.6 is 0 Å². The quantitative estimate of drug-likeness (QED) is 0.214. The Labute approximate surface area is 182 Å². The predicted molar refractivity (Wildman–Crippen MR) is 130 cm³/mol. The molecule has 154 valence electrons. The van der Waals surface area contributed by atoms with Gasteiger partial charge < -0.3 is 0 Å². The van der Waals surface area contributed by atoms with Gasteiger partial charge in [0.05, 0.1) is 0 Å². The van der Waals surface area contributed by atoms with Gasteiger partial charge >= 0.3 is 183 Å². The van der Waals surface area contributed by atoms with Crippen molar-refractivity contribution in [3.8, 4) is 6.07 Å². The summed E-state index contributed by atoms with van der Waals surface area (Å²) in [6, 6.07) is 21.6. The van der Waals surface area contributed by atoms with Gasteiger partial charge in [-0.25, -0.2) is 0 Å². The average molecular weight is 494 g/mol. The molecule has 2 heteroatoms. The van der Waals surface area contributed by atoms with Gasteiger partial charge in [0.15, 0.2) is 0 Å². The summed E-state index contributed by atoms with van der Waals surface area (Å²) in [6.45, 7) is 6.96. The van der Waals surface area contributed by atoms with E-state index in [-0.39, 0.29) is 0 Å². The van der Waals surface area contributed by atoms with Crippen molar-refractivity contribution in [2.45, 2.75) is 72.6 Å². The molecule has 0 heterocycles. The molecule has 0 amide bonds. The molecule has 0 unspecified atom stereocenters. The van der Waals surface area contributed by atoms with Crippen molar-refractivity contribution in [3.63, 3.8) is 0 Å². The van der Waals surface area contributed by atoms with Gasteiger partial charge in [0.25, 0.3) is 0 Å². The minimum absolute atomic E-state index is 0.847.